The quantitative estimate of drug-likeness (QED) is 0.443. The smallest absolute Gasteiger partial charge is 0.191 e. The Kier molecular flexibility index (Phi) is 4.42. The van der Waals surface area contributed by atoms with Crippen LogP contribution in [0.2, 0.25) is 5.02 Å². The van der Waals surface area contributed by atoms with Crippen LogP contribution in [0.3, 0.4) is 0 Å². The van der Waals surface area contributed by atoms with Crippen molar-refractivity contribution in [1.29, 1.82) is 0 Å². The third-order valence-corrected chi connectivity index (χ3v) is 3.87. The number of anilines is 2. The fourth-order valence-electron chi connectivity index (χ4n) is 1.90. The van der Waals surface area contributed by atoms with Gasteiger partial charge >= 0.3 is 0 Å². The number of thioether (sulfide) groups is 1. The SMILES string of the molecule is C#CCSc1nc(Nc2ccc(Cl)cc2)c2ccncc2n1. The van der Waals surface area contributed by atoms with Crippen molar-refractivity contribution in [2.45, 2.75) is 5.16 Å². The van der Waals surface area contributed by atoms with Crippen LogP contribution < -0.4 is 5.32 Å². The van der Waals surface area contributed by atoms with Gasteiger partial charge in [-0.05, 0) is 30.3 Å². The molecule has 1 aromatic carbocycles. The number of nitrogens with one attached hydrogen (secondary N) is 1. The zero-order valence-electron chi connectivity index (χ0n) is 11.5. The minimum atomic E-state index is 0.520. The average molecular weight is 327 g/mol. The predicted octanol–water partition coefficient (Wildman–Crippen LogP) is 4.15. The van der Waals surface area contributed by atoms with Gasteiger partial charge in [0.25, 0.3) is 0 Å². The molecule has 22 heavy (non-hydrogen) atoms. The van der Waals surface area contributed by atoms with Crippen molar-refractivity contribution >= 4 is 45.8 Å². The molecule has 0 aliphatic rings. The van der Waals surface area contributed by atoms with Crippen molar-refractivity contribution in [2.75, 3.05) is 11.1 Å². The first-order valence-corrected chi connectivity index (χ1v) is 7.83. The van der Waals surface area contributed by atoms with Crippen LogP contribution in [0.15, 0.2) is 47.9 Å². The van der Waals surface area contributed by atoms with Crippen molar-refractivity contribution in [3.63, 3.8) is 0 Å². The molecule has 4 nitrogen and oxygen atoms in total. The van der Waals surface area contributed by atoms with E-state index in [4.69, 9.17) is 18.0 Å². The van der Waals surface area contributed by atoms with E-state index < -0.39 is 0 Å². The Bertz CT molecular complexity index is 843. The van der Waals surface area contributed by atoms with Gasteiger partial charge in [0.05, 0.1) is 17.5 Å². The molecule has 0 aliphatic heterocycles. The molecule has 0 atom stereocenters. The summed E-state index contributed by atoms with van der Waals surface area (Å²) in [5.74, 6) is 3.81. The van der Waals surface area contributed by atoms with Crippen molar-refractivity contribution in [1.82, 2.24) is 15.0 Å². The van der Waals surface area contributed by atoms with Gasteiger partial charge in [-0.1, -0.05) is 29.3 Å². The summed E-state index contributed by atoms with van der Waals surface area (Å²) in [6, 6.07) is 9.31. The molecule has 0 aliphatic carbocycles. The molecule has 6 heteroatoms. The molecule has 0 amide bonds. The Balaban J connectivity index is 2.02. The second-order valence-corrected chi connectivity index (χ2v) is 5.75. The van der Waals surface area contributed by atoms with Gasteiger partial charge in [-0.3, -0.25) is 4.98 Å². The van der Waals surface area contributed by atoms with Gasteiger partial charge in [0, 0.05) is 22.3 Å². The minimum absolute atomic E-state index is 0.520. The maximum atomic E-state index is 5.91. The number of pyridine rings is 1. The standard InChI is InChI=1S/C16H11ClN4S/c1-2-9-22-16-20-14-10-18-8-7-13(14)15(21-16)19-12-5-3-11(17)4-6-12/h1,3-8,10H,9H2,(H,19,20,21). The molecule has 0 bridgehead atoms. The predicted molar refractivity (Wildman–Crippen MR) is 91.6 cm³/mol. The van der Waals surface area contributed by atoms with Crippen molar-refractivity contribution < 1.29 is 0 Å². The Labute approximate surface area is 137 Å². The molecule has 0 radical (unpaired) electrons. The molecule has 0 saturated heterocycles. The van der Waals surface area contributed by atoms with E-state index in [-0.39, 0.29) is 0 Å². The number of benzene rings is 1. The highest BCUT2D eigenvalue weighted by Gasteiger charge is 2.08. The van der Waals surface area contributed by atoms with E-state index in [0.29, 0.717) is 21.7 Å². The third-order valence-electron chi connectivity index (χ3n) is 2.87. The molecule has 2 heterocycles. The normalized spacial score (nSPS) is 10.4. The highest BCUT2D eigenvalue weighted by Crippen LogP contribution is 2.26. The summed E-state index contributed by atoms with van der Waals surface area (Å²) in [6.45, 7) is 0. The number of nitrogens with zero attached hydrogens (tertiary/aromatic N) is 3. The first-order valence-electron chi connectivity index (χ1n) is 6.47. The lowest BCUT2D eigenvalue weighted by Gasteiger charge is -2.10. The van der Waals surface area contributed by atoms with E-state index >= 15 is 0 Å². The maximum Gasteiger partial charge on any atom is 0.191 e. The van der Waals surface area contributed by atoms with Gasteiger partial charge in [-0.25, -0.2) is 9.97 Å². The number of halogens is 1. The summed E-state index contributed by atoms with van der Waals surface area (Å²) in [6.07, 6.45) is 8.73. The Hall–Kier alpha value is -2.29. The highest BCUT2D eigenvalue weighted by atomic mass is 35.5. The van der Waals surface area contributed by atoms with Crippen LogP contribution in [0.4, 0.5) is 11.5 Å². The lowest BCUT2D eigenvalue weighted by molar-refractivity contribution is 1.01. The van der Waals surface area contributed by atoms with E-state index in [2.05, 4.69) is 26.2 Å². The molecule has 108 valence electrons. The first kappa shape index (κ1) is 14.6. The maximum absolute atomic E-state index is 5.91. The number of hydrogen-bond acceptors (Lipinski definition) is 5. The highest BCUT2D eigenvalue weighted by molar-refractivity contribution is 7.99. The molecule has 2 aromatic heterocycles. The van der Waals surface area contributed by atoms with E-state index in [1.54, 1.807) is 12.4 Å². The summed E-state index contributed by atoms with van der Waals surface area (Å²) in [5, 5.41) is 5.49. The molecular formula is C16H11ClN4S. The van der Waals surface area contributed by atoms with Crippen molar-refractivity contribution in [2.24, 2.45) is 0 Å². The lowest BCUT2D eigenvalue weighted by atomic mass is 10.2. The van der Waals surface area contributed by atoms with Crippen molar-refractivity contribution in [3.8, 4) is 12.3 Å². The summed E-state index contributed by atoms with van der Waals surface area (Å²) >= 11 is 7.32. The summed E-state index contributed by atoms with van der Waals surface area (Å²) in [4.78, 5) is 13.1. The molecular weight excluding hydrogens is 316 g/mol. The van der Waals surface area contributed by atoms with Gasteiger partial charge in [0.15, 0.2) is 5.16 Å². The minimum Gasteiger partial charge on any atom is -0.340 e. The number of hydrogen-bond donors (Lipinski definition) is 1. The van der Waals surface area contributed by atoms with Crippen LogP contribution >= 0.6 is 23.4 Å². The van der Waals surface area contributed by atoms with Gasteiger partial charge in [-0.15, -0.1) is 6.42 Å². The van der Waals surface area contributed by atoms with Gasteiger partial charge in [0.1, 0.15) is 5.82 Å². The van der Waals surface area contributed by atoms with Crippen LogP contribution in [0.5, 0.6) is 0 Å². The number of aromatic nitrogens is 3. The molecule has 0 saturated carbocycles. The third kappa shape index (κ3) is 3.30. The molecule has 3 rings (SSSR count). The first-order chi connectivity index (χ1) is 10.8. The zero-order chi connectivity index (χ0) is 15.4. The van der Waals surface area contributed by atoms with E-state index in [0.717, 1.165) is 16.6 Å². The number of fused-ring (bicyclic) bond motifs is 1. The van der Waals surface area contributed by atoms with Crippen LogP contribution in [0.25, 0.3) is 10.9 Å². The van der Waals surface area contributed by atoms with E-state index in [1.807, 2.05) is 30.3 Å². The molecule has 0 unspecified atom stereocenters. The number of rotatable bonds is 4. The van der Waals surface area contributed by atoms with E-state index in [1.165, 1.54) is 11.8 Å². The average Bonchev–Trinajstić information content (AvgIpc) is 2.55. The summed E-state index contributed by atoms with van der Waals surface area (Å²) in [7, 11) is 0. The second-order valence-electron chi connectivity index (χ2n) is 4.37. The number of terminal acetylenes is 1. The lowest BCUT2D eigenvalue weighted by Crippen LogP contribution is -1.99. The summed E-state index contributed by atoms with van der Waals surface area (Å²) < 4.78 is 0. The molecule has 0 spiro atoms. The van der Waals surface area contributed by atoms with Gasteiger partial charge < -0.3 is 5.32 Å². The topological polar surface area (TPSA) is 50.7 Å². The zero-order valence-corrected chi connectivity index (χ0v) is 13.0. The fraction of sp³-hybridized carbons (Fsp3) is 0.0625. The largest absolute Gasteiger partial charge is 0.340 e. The molecule has 0 fully saturated rings. The van der Waals surface area contributed by atoms with Gasteiger partial charge in [-0.2, -0.15) is 0 Å². The van der Waals surface area contributed by atoms with Crippen LogP contribution in [-0.2, 0) is 0 Å². The Morgan fingerprint density at radius 3 is 2.77 bits per heavy atom. The molecule has 1 N–H and O–H groups in total. The van der Waals surface area contributed by atoms with Crippen molar-refractivity contribution in [3.05, 3.63) is 47.7 Å². The van der Waals surface area contributed by atoms with Crippen LogP contribution in [-0.4, -0.2) is 20.7 Å². The van der Waals surface area contributed by atoms with E-state index in [9.17, 15) is 0 Å². The monoisotopic (exact) mass is 326 g/mol. The van der Waals surface area contributed by atoms with Crippen LogP contribution in [0, 0.1) is 12.3 Å². The fourth-order valence-corrected chi connectivity index (χ4v) is 2.55. The Morgan fingerprint density at radius 1 is 1.18 bits per heavy atom. The molecule has 3 aromatic rings. The van der Waals surface area contributed by atoms with Crippen LogP contribution in [0.1, 0.15) is 0 Å². The summed E-state index contributed by atoms with van der Waals surface area (Å²) in [5.41, 5.74) is 1.67. The van der Waals surface area contributed by atoms with Gasteiger partial charge in [0.2, 0.25) is 0 Å². The second kappa shape index (κ2) is 6.65. The Morgan fingerprint density at radius 2 is 2.00 bits per heavy atom.